The van der Waals surface area contributed by atoms with Gasteiger partial charge in [-0.1, -0.05) is 31.8 Å². The maximum absolute atomic E-state index is 11.8. The average molecular weight is 194 g/mol. The largest absolute Gasteiger partial charge is 0.295 e. The molecule has 1 rings (SSSR count). The second kappa shape index (κ2) is 5.33. The van der Waals surface area contributed by atoms with E-state index in [9.17, 15) is 4.79 Å². The van der Waals surface area contributed by atoms with Gasteiger partial charge < -0.3 is 0 Å². The van der Waals surface area contributed by atoms with Gasteiger partial charge in [-0.25, -0.2) is 0 Å². The number of carbonyl (C=O) groups excluding carboxylic acids is 1. The van der Waals surface area contributed by atoms with E-state index < -0.39 is 0 Å². The van der Waals surface area contributed by atoms with E-state index in [0.29, 0.717) is 11.7 Å². The topological polar surface area (TPSA) is 17.1 Å². The molecule has 1 nitrogen and oxygen atoms in total. The molecule has 2 unspecified atom stereocenters. The summed E-state index contributed by atoms with van der Waals surface area (Å²) < 4.78 is 0. The van der Waals surface area contributed by atoms with Gasteiger partial charge in [0.15, 0.2) is 5.78 Å². The van der Waals surface area contributed by atoms with Crippen LogP contribution in [0.1, 0.15) is 52.9 Å². The minimum absolute atomic E-state index is 0.323. The van der Waals surface area contributed by atoms with E-state index in [1.165, 1.54) is 19.3 Å². The highest BCUT2D eigenvalue weighted by Crippen LogP contribution is 2.31. The zero-order valence-electron chi connectivity index (χ0n) is 9.68. The van der Waals surface area contributed by atoms with Crippen LogP contribution in [0.15, 0.2) is 11.6 Å². The Balaban J connectivity index is 2.51. The second-order valence-electron chi connectivity index (χ2n) is 4.76. The van der Waals surface area contributed by atoms with E-state index >= 15 is 0 Å². The molecule has 1 aliphatic carbocycles. The van der Waals surface area contributed by atoms with Crippen LogP contribution < -0.4 is 0 Å². The lowest BCUT2D eigenvalue weighted by atomic mass is 9.78. The van der Waals surface area contributed by atoms with Crippen LogP contribution in [0.4, 0.5) is 0 Å². The molecule has 0 aliphatic heterocycles. The molecule has 0 saturated heterocycles. The minimum Gasteiger partial charge on any atom is -0.295 e. The molecule has 0 N–H and O–H groups in total. The fourth-order valence-electron chi connectivity index (χ4n) is 2.32. The second-order valence-corrected chi connectivity index (χ2v) is 4.76. The first-order valence-corrected chi connectivity index (χ1v) is 5.82. The molecule has 2 atom stereocenters. The van der Waals surface area contributed by atoms with Crippen LogP contribution in [0.5, 0.6) is 0 Å². The lowest BCUT2D eigenvalue weighted by Crippen LogP contribution is -2.21. The van der Waals surface area contributed by atoms with Crippen molar-refractivity contribution in [3.63, 3.8) is 0 Å². The maximum Gasteiger partial charge on any atom is 0.158 e. The van der Waals surface area contributed by atoms with Crippen molar-refractivity contribution in [2.75, 3.05) is 0 Å². The van der Waals surface area contributed by atoms with Crippen LogP contribution in [-0.2, 0) is 4.79 Å². The molecule has 0 spiro atoms. The van der Waals surface area contributed by atoms with E-state index in [1.807, 2.05) is 19.9 Å². The van der Waals surface area contributed by atoms with E-state index in [4.69, 9.17) is 0 Å². The molecule has 1 heteroatoms. The van der Waals surface area contributed by atoms with Crippen molar-refractivity contribution in [1.29, 1.82) is 0 Å². The van der Waals surface area contributed by atoms with Crippen LogP contribution in [0.3, 0.4) is 0 Å². The van der Waals surface area contributed by atoms with Crippen molar-refractivity contribution >= 4 is 5.78 Å². The number of ketones is 1. The minimum atomic E-state index is 0.323. The summed E-state index contributed by atoms with van der Waals surface area (Å²) in [6, 6.07) is 0. The Morgan fingerprint density at radius 2 is 2.07 bits per heavy atom. The molecule has 80 valence electrons. The average Bonchev–Trinajstić information content (AvgIpc) is 2.17. The van der Waals surface area contributed by atoms with Gasteiger partial charge in [0.2, 0.25) is 0 Å². The van der Waals surface area contributed by atoms with Crippen LogP contribution in [0.25, 0.3) is 0 Å². The summed E-state index contributed by atoms with van der Waals surface area (Å²) in [7, 11) is 0. The smallest absolute Gasteiger partial charge is 0.158 e. The highest BCUT2D eigenvalue weighted by atomic mass is 16.1. The summed E-state index contributed by atoms with van der Waals surface area (Å²) in [4.78, 5) is 11.8. The lowest BCUT2D eigenvalue weighted by Gasteiger charge is -2.26. The van der Waals surface area contributed by atoms with Gasteiger partial charge in [0, 0.05) is 5.92 Å². The normalized spacial score (nSPS) is 27.1. The van der Waals surface area contributed by atoms with Crippen molar-refractivity contribution in [2.24, 2.45) is 11.8 Å². The Hall–Kier alpha value is -0.590. The molecule has 0 radical (unpaired) electrons. The third-order valence-electron chi connectivity index (χ3n) is 3.19. The van der Waals surface area contributed by atoms with E-state index in [2.05, 4.69) is 6.92 Å². The summed E-state index contributed by atoms with van der Waals surface area (Å²) in [5.41, 5.74) is 1.13. The Kier molecular flexibility index (Phi) is 4.37. The fourth-order valence-corrected chi connectivity index (χ4v) is 2.32. The number of rotatable bonds is 3. The summed E-state index contributed by atoms with van der Waals surface area (Å²) in [5, 5.41) is 0. The van der Waals surface area contributed by atoms with Gasteiger partial charge in [0.1, 0.15) is 0 Å². The van der Waals surface area contributed by atoms with E-state index in [1.54, 1.807) is 0 Å². The molecular formula is C13H22O. The first-order valence-electron chi connectivity index (χ1n) is 5.82. The van der Waals surface area contributed by atoms with Crippen LogP contribution in [0, 0.1) is 11.8 Å². The Labute approximate surface area is 87.6 Å². The Morgan fingerprint density at radius 1 is 1.36 bits per heavy atom. The van der Waals surface area contributed by atoms with Crippen molar-refractivity contribution in [2.45, 2.75) is 52.9 Å². The molecule has 1 saturated carbocycles. The van der Waals surface area contributed by atoms with Crippen LogP contribution in [0.2, 0.25) is 0 Å². The third kappa shape index (κ3) is 3.28. The number of carbonyl (C=O) groups is 1. The summed E-state index contributed by atoms with van der Waals surface area (Å²) >= 11 is 0. The Morgan fingerprint density at radius 3 is 2.64 bits per heavy atom. The van der Waals surface area contributed by atoms with Crippen molar-refractivity contribution in [3.05, 3.63) is 11.6 Å². The van der Waals surface area contributed by atoms with Gasteiger partial charge >= 0.3 is 0 Å². The van der Waals surface area contributed by atoms with Gasteiger partial charge in [0.25, 0.3) is 0 Å². The van der Waals surface area contributed by atoms with E-state index in [0.717, 1.165) is 24.3 Å². The third-order valence-corrected chi connectivity index (χ3v) is 3.19. The predicted octanol–water partition coefficient (Wildman–Crippen LogP) is 3.74. The van der Waals surface area contributed by atoms with Crippen molar-refractivity contribution in [3.8, 4) is 0 Å². The molecule has 1 fully saturated rings. The van der Waals surface area contributed by atoms with Gasteiger partial charge in [-0.2, -0.15) is 0 Å². The molecule has 0 aromatic rings. The van der Waals surface area contributed by atoms with Crippen LogP contribution in [-0.4, -0.2) is 5.78 Å². The molecule has 0 amide bonds. The zero-order chi connectivity index (χ0) is 10.6. The fraction of sp³-hybridized carbons (Fsp3) is 0.769. The first-order chi connectivity index (χ1) is 6.63. The van der Waals surface area contributed by atoms with Gasteiger partial charge in [-0.15, -0.1) is 0 Å². The highest BCUT2D eigenvalue weighted by molar-refractivity contribution is 5.92. The van der Waals surface area contributed by atoms with Crippen molar-refractivity contribution < 1.29 is 4.79 Å². The number of hydrogen-bond donors (Lipinski definition) is 0. The van der Waals surface area contributed by atoms with Gasteiger partial charge in [-0.05, 0) is 38.7 Å². The molecule has 1 aliphatic rings. The quantitative estimate of drug-likeness (QED) is 0.625. The molecule has 14 heavy (non-hydrogen) atoms. The maximum atomic E-state index is 11.8. The predicted molar refractivity (Wildman–Crippen MR) is 60.2 cm³/mol. The molecular weight excluding hydrogens is 172 g/mol. The number of hydrogen-bond acceptors (Lipinski definition) is 1. The first kappa shape index (κ1) is 11.5. The highest BCUT2D eigenvalue weighted by Gasteiger charge is 2.24. The SMILES string of the molecule is CCC1CCCC(C(=O)C=C(C)C)C1. The summed E-state index contributed by atoms with van der Waals surface area (Å²) in [6.07, 6.45) is 7.86. The summed E-state index contributed by atoms with van der Waals surface area (Å²) in [6.45, 7) is 6.23. The van der Waals surface area contributed by atoms with Crippen molar-refractivity contribution in [1.82, 2.24) is 0 Å². The monoisotopic (exact) mass is 194 g/mol. The standard InChI is InChI=1S/C13H22O/c1-4-11-6-5-7-12(9-11)13(14)8-10(2)3/h8,11-12H,4-7,9H2,1-3H3. The van der Waals surface area contributed by atoms with Gasteiger partial charge in [0.05, 0.1) is 0 Å². The molecule has 0 bridgehead atoms. The van der Waals surface area contributed by atoms with Gasteiger partial charge in [-0.3, -0.25) is 4.79 Å². The van der Waals surface area contributed by atoms with E-state index in [-0.39, 0.29) is 0 Å². The Bertz CT molecular complexity index is 223. The number of allylic oxidation sites excluding steroid dienone is 2. The molecule has 0 heterocycles. The zero-order valence-corrected chi connectivity index (χ0v) is 9.68. The lowest BCUT2D eigenvalue weighted by molar-refractivity contribution is -0.119. The molecule has 0 aromatic heterocycles. The summed E-state index contributed by atoms with van der Waals surface area (Å²) in [5.74, 6) is 1.48. The van der Waals surface area contributed by atoms with Crippen LogP contribution >= 0.6 is 0 Å². The molecule has 0 aromatic carbocycles.